The van der Waals surface area contributed by atoms with Gasteiger partial charge in [-0.2, -0.15) is 13.2 Å². The van der Waals surface area contributed by atoms with Gasteiger partial charge in [0.15, 0.2) is 0 Å². The normalized spacial score (nSPS) is 11.6. The summed E-state index contributed by atoms with van der Waals surface area (Å²) in [6, 6.07) is 12.6. The number of ketones is 1. The monoisotopic (exact) mass is 394 g/mol. The van der Waals surface area contributed by atoms with Crippen LogP contribution in [0.25, 0.3) is 10.9 Å². The summed E-state index contributed by atoms with van der Waals surface area (Å²) in [5, 5.41) is 3.33. The molecule has 0 radical (unpaired) electrons. The number of Topliss-reactive ketones (excluding diaryl/α,β-unsaturated/α-hetero) is 1. The van der Waals surface area contributed by atoms with Gasteiger partial charge >= 0.3 is 6.18 Å². The van der Waals surface area contributed by atoms with Crippen molar-refractivity contribution in [1.82, 2.24) is 4.57 Å². The highest BCUT2D eigenvalue weighted by Gasteiger charge is 2.42. The van der Waals surface area contributed by atoms with Crippen LogP contribution in [0.3, 0.4) is 0 Å². The first kappa shape index (κ1) is 19.0. The third-order valence-electron chi connectivity index (χ3n) is 4.15. The largest absolute Gasteiger partial charge is 0.454 e. The quantitative estimate of drug-likeness (QED) is 0.634. The van der Waals surface area contributed by atoms with Crippen LogP contribution in [-0.2, 0) is 11.3 Å². The van der Waals surface area contributed by atoms with Crippen molar-refractivity contribution in [3.63, 3.8) is 0 Å². The average Bonchev–Trinajstić information content (AvgIpc) is 2.87. The van der Waals surface area contributed by atoms with Gasteiger partial charge in [-0.1, -0.05) is 29.8 Å². The maximum absolute atomic E-state index is 13.0. The Morgan fingerprint density at radius 1 is 1.07 bits per heavy atom. The van der Waals surface area contributed by atoms with E-state index in [9.17, 15) is 22.8 Å². The molecule has 8 heteroatoms. The second kappa shape index (κ2) is 7.08. The van der Waals surface area contributed by atoms with E-state index in [1.54, 1.807) is 42.5 Å². The third kappa shape index (κ3) is 3.83. The molecule has 2 aromatic carbocycles. The molecule has 0 saturated heterocycles. The predicted molar refractivity (Wildman–Crippen MR) is 97.1 cm³/mol. The minimum absolute atomic E-state index is 0.0878. The molecule has 4 nitrogen and oxygen atoms in total. The Morgan fingerprint density at radius 3 is 2.33 bits per heavy atom. The summed E-state index contributed by atoms with van der Waals surface area (Å²) in [6.07, 6.45) is -4.99. The number of nitrogens with zero attached hydrogens (tertiary/aromatic N) is 1. The number of alkyl halides is 3. The third-order valence-corrected chi connectivity index (χ3v) is 4.40. The van der Waals surface area contributed by atoms with Crippen LogP contribution in [0.15, 0.2) is 48.5 Å². The molecule has 0 aliphatic rings. The van der Waals surface area contributed by atoms with Crippen LogP contribution >= 0.6 is 11.6 Å². The van der Waals surface area contributed by atoms with Gasteiger partial charge in [0, 0.05) is 27.3 Å². The van der Waals surface area contributed by atoms with Crippen molar-refractivity contribution in [3.05, 3.63) is 64.8 Å². The fourth-order valence-corrected chi connectivity index (χ4v) is 3.07. The number of para-hydroxylation sites is 1. The Labute approximate surface area is 157 Å². The Kier molecular flexibility index (Phi) is 4.97. The maximum Gasteiger partial charge on any atom is 0.454 e. The predicted octanol–water partition coefficient (Wildman–Crippen LogP) is 4.99. The van der Waals surface area contributed by atoms with Crippen molar-refractivity contribution in [2.75, 3.05) is 5.32 Å². The molecular weight excluding hydrogens is 381 g/mol. The molecule has 3 rings (SSSR count). The molecule has 0 saturated carbocycles. The van der Waals surface area contributed by atoms with Crippen molar-refractivity contribution in [1.29, 1.82) is 0 Å². The summed E-state index contributed by atoms with van der Waals surface area (Å²) < 4.78 is 40.4. The van der Waals surface area contributed by atoms with E-state index in [2.05, 4.69) is 5.32 Å². The van der Waals surface area contributed by atoms with Gasteiger partial charge in [-0.25, -0.2) is 0 Å². The van der Waals surface area contributed by atoms with E-state index in [1.807, 2.05) is 0 Å². The van der Waals surface area contributed by atoms with Gasteiger partial charge in [-0.15, -0.1) is 0 Å². The summed E-state index contributed by atoms with van der Waals surface area (Å²) >= 11 is 5.79. The van der Waals surface area contributed by atoms with Gasteiger partial charge in [0.1, 0.15) is 6.54 Å². The molecule has 1 N–H and O–H groups in total. The fraction of sp³-hybridized carbons (Fsp3) is 0.158. The van der Waals surface area contributed by atoms with E-state index in [0.717, 1.165) is 0 Å². The summed E-state index contributed by atoms with van der Waals surface area (Å²) in [5.74, 6) is -2.36. The van der Waals surface area contributed by atoms with Gasteiger partial charge in [-0.3, -0.25) is 9.59 Å². The number of anilines is 1. The number of nitrogens with one attached hydrogen (secondary N) is 1. The van der Waals surface area contributed by atoms with Gasteiger partial charge in [0.2, 0.25) is 5.91 Å². The molecule has 140 valence electrons. The van der Waals surface area contributed by atoms with Crippen LogP contribution < -0.4 is 5.32 Å². The van der Waals surface area contributed by atoms with E-state index >= 15 is 0 Å². The van der Waals surface area contributed by atoms with E-state index in [4.69, 9.17) is 11.6 Å². The Bertz CT molecular complexity index is 1020. The van der Waals surface area contributed by atoms with Crippen molar-refractivity contribution in [2.45, 2.75) is 19.6 Å². The lowest BCUT2D eigenvalue weighted by molar-refractivity contribution is -0.116. The molecule has 0 atom stereocenters. The molecule has 0 aliphatic carbocycles. The fourth-order valence-electron chi connectivity index (χ4n) is 2.94. The molecule has 1 aromatic heterocycles. The number of carbonyl (C=O) groups is 2. The van der Waals surface area contributed by atoms with E-state index in [0.29, 0.717) is 16.2 Å². The second-order valence-corrected chi connectivity index (χ2v) is 6.38. The molecule has 0 spiro atoms. The molecule has 27 heavy (non-hydrogen) atoms. The topological polar surface area (TPSA) is 51.1 Å². The molecule has 1 heterocycles. The zero-order valence-corrected chi connectivity index (χ0v) is 14.9. The molecule has 0 fully saturated rings. The zero-order chi connectivity index (χ0) is 19.8. The summed E-state index contributed by atoms with van der Waals surface area (Å²) in [5.41, 5.74) is 0.543. The number of rotatable bonds is 4. The lowest BCUT2D eigenvalue weighted by Gasteiger charge is -2.10. The van der Waals surface area contributed by atoms with Crippen LogP contribution in [0.5, 0.6) is 0 Å². The van der Waals surface area contributed by atoms with Crippen LogP contribution in [-0.4, -0.2) is 22.4 Å². The molecule has 0 bridgehead atoms. The van der Waals surface area contributed by atoms with Gasteiger partial charge in [0.25, 0.3) is 5.78 Å². The SMILES string of the molecule is Cc1c(C(=O)C(F)(F)F)c2ccccc2n1CC(=O)Nc1ccc(Cl)cc1. The van der Waals surface area contributed by atoms with Crippen LogP contribution in [0.4, 0.5) is 18.9 Å². The lowest BCUT2D eigenvalue weighted by atomic mass is 10.1. The van der Waals surface area contributed by atoms with E-state index in [1.165, 1.54) is 17.6 Å². The summed E-state index contributed by atoms with van der Waals surface area (Å²) in [7, 11) is 0. The minimum atomic E-state index is -4.99. The highest BCUT2D eigenvalue weighted by atomic mass is 35.5. The number of halogens is 4. The van der Waals surface area contributed by atoms with Crippen LogP contribution in [0.2, 0.25) is 5.02 Å². The number of hydrogen-bond acceptors (Lipinski definition) is 2. The number of amides is 1. The van der Waals surface area contributed by atoms with Gasteiger partial charge in [0.05, 0.1) is 5.56 Å². The van der Waals surface area contributed by atoms with Crippen molar-refractivity contribution in [3.8, 4) is 0 Å². The number of hydrogen-bond donors (Lipinski definition) is 1. The van der Waals surface area contributed by atoms with Gasteiger partial charge < -0.3 is 9.88 Å². The molecule has 0 aliphatic heterocycles. The van der Waals surface area contributed by atoms with E-state index < -0.39 is 23.4 Å². The summed E-state index contributed by atoms with van der Waals surface area (Å²) in [6.45, 7) is 1.16. The number of carbonyl (C=O) groups excluding carboxylic acids is 2. The molecule has 0 unspecified atom stereocenters. The number of benzene rings is 2. The minimum Gasteiger partial charge on any atom is -0.335 e. The standard InChI is InChI=1S/C19H14ClF3N2O2/c1-11-17(18(27)19(21,22)23)14-4-2-3-5-15(14)25(11)10-16(26)24-13-8-6-12(20)7-9-13/h2-9H,10H2,1H3,(H,24,26). The lowest BCUT2D eigenvalue weighted by Crippen LogP contribution is -2.24. The molecular formula is C19H14ClF3N2O2. The number of aromatic nitrogens is 1. The highest BCUT2D eigenvalue weighted by molar-refractivity contribution is 6.30. The first-order chi connectivity index (χ1) is 12.7. The van der Waals surface area contributed by atoms with Gasteiger partial charge in [-0.05, 0) is 37.3 Å². The first-order valence-corrected chi connectivity index (χ1v) is 8.31. The first-order valence-electron chi connectivity index (χ1n) is 7.93. The number of fused-ring (bicyclic) bond motifs is 1. The molecule has 1 amide bonds. The highest BCUT2D eigenvalue weighted by Crippen LogP contribution is 2.31. The average molecular weight is 395 g/mol. The smallest absolute Gasteiger partial charge is 0.335 e. The van der Waals surface area contributed by atoms with Crippen LogP contribution in [0.1, 0.15) is 16.1 Å². The van der Waals surface area contributed by atoms with Crippen molar-refractivity contribution >= 4 is 39.9 Å². The maximum atomic E-state index is 13.0. The Morgan fingerprint density at radius 2 is 1.70 bits per heavy atom. The zero-order valence-electron chi connectivity index (χ0n) is 14.1. The van der Waals surface area contributed by atoms with Crippen molar-refractivity contribution in [2.24, 2.45) is 0 Å². The van der Waals surface area contributed by atoms with E-state index in [-0.39, 0.29) is 17.6 Å². The summed E-state index contributed by atoms with van der Waals surface area (Å²) in [4.78, 5) is 24.2. The Hall–Kier alpha value is -2.80. The van der Waals surface area contributed by atoms with Crippen molar-refractivity contribution < 1.29 is 22.8 Å². The van der Waals surface area contributed by atoms with Crippen LogP contribution in [0, 0.1) is 6.92 Å². The Balaban J connectivity index is 1.97. The molecule has 3 aromatic rings. The second-order valence-electron chi connectivity index (χ2n) is 5.95.